The second kappa shape index (κ2) is 11.4. The standard InChI is InChI=1S/C26H30FN5O3S/c1-18(2)32(26(34)29-22-7-5-4-6-21(22)27)16-24-28-23(17-36-24)25(33)31-14-12-30(13-15-31)19-8-10-20(35-3)11-9-19/h4-11,17-18H,12-16H2,1-3H3,(H,29,34). The van der Waals surface area contributed by atoms with E-state index in [2.05, 4.69) is 15.2 Å². The first-order valence-electron chi connectivity index (χ1n) is 11.8. The number of rotatable bonds is 7. The Labute approximate surface area is 214 Å². The van der Waals surface area contributed by atoms with Gasteiger partial charge in [0.15, 0.2) is 0 Å². The van der Waals surface area contributed by atoms with E-state index in [-0.39, 0.29) is 24.2 Å². The second-order valence-electron chi connectivity index (χ2n) is 8.74. The van der Waals surface area contributed by atoms with Crippen LogP contribution in [0.5, 0.6) is 5.75 Å². The van der Waals surface area contributed by atoms with Crippen LogP contribution in [0.4, 0.5) is 20.6 Å². The molecule has 1 saturated heterocycles. The zero-order chi connectivity index (χ0) is 25.7. The molecule has 1 aliphatic rings. The fraction of sp³-hybridized carbons (Fsp3) is 0.346. The Balaban J connectivity index is 1.35. The summed E-state index contributed by atoms with van der Waals surface area (Å²) >= 11 is 1.34. The molecule has 0 aliphatic carbocycles. The normalized spacial score (nSPS) is 13.6. The number of nitrogens with one attached hydrogen (secondary N) is 1. The first-order chi connectivity index (χ1) is 17.4. The zero-order valence-corrected chi connectivity index (χ0v) is 21.4. The van der Waals surface area contributed by atoms with Gasteiger partial charge in [0.2, 0.25) is 0 Å². The number of anilines is 2. The first kappa shape index (κ1) is 25.4. The van der Waals surface area contributed by atoms with E-state index in [1.54, 1.807) is 29.5 Å². The van der Waals surface area contributed by atoms with E-state index in [4.69, 9.17) is 4.74 Å². The summed E-state index contributed by atoms with van der Waals surface area (Å²) in [6.45, 7) is 6.63. The number of carbonyl (C=O) groups is 2. The van der Waals surface area contributed by atoms with Crippen molar-refractivity contribution < 1.29 is 18.7 Å². The van der Waals surface area contributed by atoms with Gasteiger partial charge in [-0.2, -0.15) is 0 Å². The maximum absolute atomic E-state index is 14.0. The molecule has 0 spiro atoms. The Morgan fingerprint density at radius 1 is 1.11 bits per heavy atom. The Kier molecular flexibility index (Phi) is 8.04. The molecule has 0 saturated carbocycles. The van der Waals surface area contributed by atoms with Crippen molar-refractivity contribution in [2.75, 3.05) is 43.5 Å². The van der Waals surface area contributed by atoms with Gasteiger partial charge in [-0.25, -0.2) is 14.2 Å². The number of urea groups is 1. The van der Waals surface area contributed by atoms with Crippen molar-refractivity contribution in [1.29, 1.82) is 0 Å². The van der Waals surface area contributed by atoms with Crippen LogP contribution in [0.25, 0.3) is 0 Å². The number of piperazine rings is 1. The van der Waals surface area contributed by atoms with Crippen molar-refractivity contribution in [2.24, 2.45) is 0 Å². The molecule has 10 heteroatoms. The molecular weight excluding hydrogens is 481 g/mol. The molecule has 2 aromatic carbocycles. The molecule has 36 heavy (non-hydrogen) atoms. The molecule has 0 unspecified atom stereocenters. The maximum Gasteiger partial charge on any atom is 0.322 e. The number of nitrogens with zero attached hydrogens (tertiary/aromatic N) is 4. The van der Waals surface area contributed by atoms with Crippen molar-refractivity contribution >= 4 is 34.6 Å². The van der Waals surface area contributed by atoms with Crippen molar-refractivity contribution in [1.82, 2.24) is 14.8 Å². The highest BCUT2D eigenvalue weighted by Gasteiger charge is 2.25. The van der Waals surface area contributed by atoms with E-state index in [0.29, 0.717) is 23.8 Å². The third-order valence-electron chi connectivity index (χ3n) is 6.08. The summed E-state index contributed by atoms with van der Waals surface area (Å²) in [7, 11) is 1.64. The van der Waals surface area contributed by atoms with Gasteiger partial charge in [0.05, 0.1) is 19.3 Å². The molecule has 1 aliphatic heterocycles. The summed E-state index contributed by atoms with van der Waals surface area (Å²) < 4.78 is 19.2. The Bertz CT molecular complexity index is 1190. The van der Waals surface area contributed by atoms with Gasteiger partial charge in [-0.1, -0.05) is 12.1 Å². The number of ether oxygens (including phenoxy) is 1. The molecule has 0 radical (unpaired) electrons. The van der Waals surface area contributed by atoms with Gasteiger partial charge < -0.3 is 24.8 Å². The monoisotopic (exact) mass is 511 g/mol. The smallest absolute Gasteiger partial charge is 0.322 e. The van der Waals surface area contributed by atoms with E-state index in [9.17, 15) is 14.0 Å². The highest BCUT2D eigenvalue weighted by Crippen LogP contribution is 2.22. The van der Waals surface area contributed by atoms with Gasteiger partial charge in [0.1, 0.15) is 22.3 Å². The minimum absolute atomic E-state index is 0.112. The van der Waals surface area contributed by atoms with Gasteiger partial charge in [0.25, 0.3) is 5.91 Å². The van der Waals surface area contributed by atoms with Crippen LogP contribution < -0.4 is 15.0 Å². The summed E-state index contributed by atoms with van der Waals surface area (Å²) in [5, 5.41) is 5.00. The fourth-order valence-corrected chi connectivity index (χ4v) is 4.75. The van der Waals surface area contributed by atoms with Crippen LogP contribution in [0.2, 0.25) is 0 Å². The number of aromatic nitrogens is 1. The van der Waals surface area contributed by atoms with Crippen LogP contribution in [0.1, 0.15) is 29.3 Å². The Morgan fingerprint density at radius 3 is 2.44 bits per heavy atom. The lowest BCUT2D eigenvalue weighted by Gasteiger charge is -2.35. The van der Waals surface area contributed by atoms with Crippen LogP contribution in [-0.2, 0) is 6.54 Å². The molecule has 3 aromatic rings. The molecule has 0 bridgehead atoms. The fourth-order valence-electron chi connectivity index (χ4n) is 3.99. The van der Waals surface area contributed by atoms with Crippen molar-refractivity contribution in [3.05, 3.63) is 70.4 Å². The van der Waals surface area contributed by atoms with Crippen LogP contribution >= 0.6 is 11.3 Å². The summed E-state index contributed by atoms with van der Waals surface area (Å²) in [6.07, 6.45) is 0. The van der Waals surface area contributed by atoms with Gasteiger partial charge in [-0.3, -0.25) is 4.79 Å². The Hall–Kier alpha value is -3.66. The molecule has 2 heterocycles. The summed E-state index contributed by atoms with van der Waals surface area (Å²) in [6, 6.07) is 13.4. The number of amides is 3. The van der Waals surface area contributed by atoms with E-state index >= 15 is 0 Å². The first-order valence-corrected chi connectivity index (χ1v) is 12.7. The van der Waals surface area contributed by atoms with Gasteiger partial charge in [-0.15, -0.1) is 11.3 Å². The zero-order valence-electron chi connectivity index (χ0n) is 20.6. The second-order valence-corrected chi connectivity index (χ2v) is 9.68. The number of para-hydroxylation sites is 1. The topological polar surface area (TPSA) is 78.0 Å². The summed E-state index contributed by atoms with van der Waals surface area (Å²) in [4.78, 5) is 36.0. The van der Waals surface area contributed by atoms with Crippen molar-refractivity contribution in [3.63, 3.8) is 0 Å². The average Bonchev–Trinajstić information content (AvgIpc) is 3.37. The number of methoxy groups -OCH3 is 1. The van der Waals surface area contributed by atoms with Gasteiger partial charge in [0, 0.05) is 43.3 Å². The molecule has 8 nitrogen and oxygen atoms in total. The van der Waals surface area contributed by atoms with Crippen LogP contribution in [0.15, 0.2) is 53.9 Å². The summed E-state index contributed by atoms with van der Waals surface area (Å²) in [5.41, 5.74) is 1.60. The predicted molar refractivity (Wildman–Crippen MR) is 139 cm³/mol. The lowest BCUT2D eigenvalue weighted by atomic mass is 10.2. The van der Waals surface area contributed by atoms with E-state index in [1.807, 2.05) is 43.0 Å². The van der Waals surface area contributed by atoms with Crippen LogP contribution in [0.3, 0.4) is 0 Å². The highest BCUT2D eigenvalue weighted by molar-refractivity contribution is 7.09. The molecule has 3 amide bonds. The number of hydrogen-bond acceptors (Lipinski definition) is 6. The number of thiazole rings is 1. The van der Waals surface area contributed by atoms with Crippen molar-refractivity contribution in [2.45, 2.75) is 26.4 Å². The lowest BCUT2D eigenvalue weighted by Crippen LogP contribution is -2.48. The Morgan fingerprint density at radius 2 is 1.81 bits per heavy atom. The van der Waals surface area contributed by atoms with Gasteiger partial charge in [-0.05, 0) is 50.2 Å². The van der Waals surface area contributed by atoms with E-state index in [0.717, 1.165) is 24.5 Å². The lowest BCUT2D eigenvalue weighted by molar-refractivity contribution is 0.0741. The van der Waals surface area contributed by atoms with Crippen molar-refractivity contribution in [3.8, 4) is 5.75 Å². The summed E-state index contributed by atoms with van der Waals surface area (Å²) in [5.74, 6) is 0.204. The molecule has 1 N–H and O–H groups in total. The maximum atomic E-state index is 14.0. The van der Waals surface area contributed by atoms with Crippen LogP contribution in [0, 0.1) is 5.82 Å². The number of carbonyl (C=O) groups excluding carboxylic acids is 2. The third kappa shape index (κ3) is 5.93. The quantitative estimate of drug-likeness (QED) is 0.498. The molecule has 190 valence electrons. The minimum Gasteiger partial charge on any atom is -0.497 e. The van der Waals surface area contributed by atoms with E-state index in [1.165, 1.54) is 23.5 Å². The predicted octanol–water partition coefficient (Wildman–Crippen LogP) is 4.70. The minimum atomic E-state index is -0.497. The average molecular weight is 512 g/mol. The third-order valence-corrected chi connectivity index (χ3v) is 6.91. The highest BCUT2D eigenvalue weighted by atomic mass is 32.1. The van der Waals surface area contributed by atoms with E-state index < -0.39 is 11.8 Å². The number of hydrogen-bond donors (Lipinski definition) is 1. The molecule has 0 atom stereocenters. The van der Waals surface area contributed by atoms with Gasteiger partial charge >= 0.3 is 6.03 Å². The number of halogens is 1. The largest absolute Gasteiger partial charge is 0.497 e. The number of benzene rings is 2. The van der Waals surface area contributed by atoms with Crippen LogP contribution in [-0.4, -0.2) is 66.1 Å². The molecule has 1 aromatic heterocycles. The molecule has 4 rings (SSSR count). The SMILES string of the molecule is COc1ccc(N2CCN(C(=O)c3csc(CN(C(=O)Nc4ccccc4F)C(C)C)n3)CC2)cc1. The molecule has 1 fully saturated rings. The molecular formula is C26H30FN5O3S.